The maximum absolute atomic E-state index is 11.9. The van der Waals surface area contributed by atoms with Gasteiger partial charge in [-0.3, -0.25) is 4.79 Å². The number of urea groups is 1. The predicted octanol–water partition coefficient (Wildman–Crippen LogP) is 3.13. The SMILES string of the molecule is CCCCNC(=O)NCc1cccc(NC(=O)c2ccco2)c1. The van der Waals surface area contributed by atoms with Gasteiger partial charge in [0.05, 0.1) is 6.26 Å². The van der Waals surface area contributed by atoms with Crippen molar-refractivity contribution in [3.8, 4) is 0 Å². The normalized spacial score (nSPS) is 10.1. The van der Waals surface area contributed by atoms with E-state index in [0.29, 0.717) is 18.8 Å². The second kappa shape index (κ2) is 8.63. The molecule has 23 heavy (non-hydrogen) atoms. The highest BCUT2D eigenvalue weighted by Crippen LogP contribution is 2.12. The molecule has 0 aliphatic heterocycles. The summed E-state index contributed by atoms with van der Waals surface area (Å²) in [6.45, 7) is 3.13. The van der Waals surface area contributed by atoms with Crippen LogP contribution in [0.3, 0.4) is 0 Å². The highest BCUT2D eigenvalue weighted by molar-refractivity contribution is 6.02. The zero-order chi connectivity index (χ0) is 16.5. The quantitative estimate of drug-likeness (QED) is 0.686. The van der Waals surface area contributed by atoms with Crippen molar-refractivity contribution >= 4 is 17.6 Å². The number of anilines is 1. The molecular formula is C17H21N3O3. The zero-order valence-electron chi connectivity index (χ0n) is 13.1. The lowest BCUT2D eigenvalue weighted by molar-refractivity contribution is 0.0996. The van der Waals surface area contributed by atoms with Crippen molar-refractivity contribution in [2.75, 3.05) is 11.9 Å². The molecule has 0 aliphatic rings. The molecule has 0 unspecified atom stereocenters. The van der Waals surface area contributed by atoms with Gasteiger partial charge in [-0.15, -0.1) is 0 Å². The van der Waals surface area contributed by atoms with Crippen LogP contribution in [-0.4, -0.2) is 18.5 Å². The Labute approximate surface area is 135 Å². The summed E-state index contributed by atoms with van der Waals surface area (Å²) in [5.74, 6) is -0.0544. The Morgan fingerprint density at radius 2 is 2.00 bits per heavy atom. The number of benzene rings is 1. The van der Waals surface area contributed by atoms with E-state index < -0.39 is 0 Å². The summed E-state index contributed by atoms with van der Waals surface area (Å²) in [7, 11) is 0. The summed E-state index contributed by atoms with van der Waals surface area (Å²) in [6, 6.07) is 10.4. The van der Waals surface area contributed by atoms with Crippen molar-refractivity contribution < 1.29 is 14.0 Å². The third kappa shape index (κ3) is 5.50. The van der Waals surface area contributed by atoms with Gasteiger partial charge in [-0.05, 0) is 36.2 Å². The number of carbonyl (C=O) groups is 2. The van der Waals surface area contributed by atoms with Crippen molar-refractivity contribution in [2.45, 2.75) is 26.3 Å². The van der Waals surface area contributed by atoms with E-state index in [2.05, 4.69) is 22.9 Å². The van der Waals surface area contributed by atoms with Gasteiger partial charge in [-0.1, -0.05) is 25.5 Å². The van der Waals surface area contributed by atoms with Crippen molar-refractivity contribution in [1.29, 1.82) is 0 Å². The van der Waals surface area contributed by atoms with E-state index in [-0.39, 0.29) is 17.7 Å². The molecule has 3 amide bonds. The lowest BCUT2D eigenvalue weighted by atomic mass is 10.2. The number of rotatable bonds is 7. The Balaban J connectivity index is 1.85. The Hall–Kier alpha value is -2.76. The minimum absolute atomic E-state index is 0.191. The number of nitrogens with one attached hydrogen (secondary N) is 3. The molecule has 0 fully saturated rings. The maximum Gasteiger partial charge on any atom is 0.315 e. The van der Waals surface area contributed by atoms with Crippen LogP contribution in [0.15, 0.2) is 47.1 Å². The molecule has 0 atom stereocenters. The summed E-state index contributed by atoms with van der Waals surface area (Å²) in [6.07, 6.45) is 3.45. The van der Waals surface area contributed by atoms with Gasteiger partial charge in [0.25, 0.3) is 5.91 Å². The van der Waals surface area contributed by atoms with Crippen LogP contribution in [0.2, 0.25) is 0 Å². The van der Waals surface area contributed by atoms with Crippen LogP contribution in [0.1, 0.15) is 35.9 Å². The van der Waals surface area contributed by atoms with Crippen molar-refractivity contribution in [3.05, 3.63) is 54.0 Å². The molecule has 0 bridgehead atoms. The Morgan fingerprint density at radius 3 is 2.74 bits per heavy atom. The molecule has 0 spiro atoms. The lowest BCUT2D eigenvalue weighted by Crippen LogP contribution is -2.35. The second-order valence-electron chi connectivity index (χ2n) is 5.09. The lowest BCUT2D eigenvalue weighted by Gasteiger charge is -2.09. The molecule has 1 heterocycles. The number of hydrogen-bond acceptors (Lipinski definition) is 3. The first kappa shape index (κ1) is 16.6. The molecule has 3 N–H and O–H groups in total. The largest absolute Gasteiger partial charge is 0.459 e. The molecule has 0 aliphatic carbocycles. The number of unbranched alkanes of at least 4 members (excludes halogenated alkanes) is 1. The van der Waals surface area contributed by atoms with E-state index in [1.165, 1.54) is 6.26 Å². The smallest absolute Gasteiger partial charge is 0.315 e. The number of amides is 3. The van der Waals surface area contributed by atoms with Gasteiger partial charge < -0.3 is 20.4 Å². The molecule has 2 aromatic rings. The molecule has 0 saturated heterocycles. The Kier molecular flexibility index (Phi) is 6.23. The van der Waals surface area contributed by atoms with Gasteiger partial charge in [0.1, 0.15) is 0 Å². The summed E-state index contributed by atoms with van der Waals surface area (Å²) >= 11 is 0. The molecule has 0 radical (unpaired) electrons. The molecule has 1 aromatic carbocycles. The average molecular weight is 315 g/mol. The van der Waals surface area contributed by atoms with Crippen LogP contribution in [0.25, 0.3) is 0 Å². The third-order valence-corrected chi connectivity index (χ3v) is 3.20. The Morgan fingerprint density at radius 1 is 1.13 bits per heavy atom. The summed E-state index contributed by atoms with van der Waals surface area (Å²) in [5.41, 5.74) is 1.55. The maximum atomic E-state index is 11.9. The minimum Gasteiger partial charge on any atom is -0.459 e. The van der Waals surface area contributed by atoms with Crippen LogP contribution in [-0.2, 0) is 6.54 Å². The average Bonchev–Trinajstić information content (AvgIpc) is 3.08. The van der Waals surface area contributed by atoms with E-state index in [4.69, 9.17) is 4.42 Å². The first-order valence-corrected chi connectivity index (χ1v) is 7.64. The van der Waals surface area contributed by atoms with E-state index in [1.54, 1.807) is 18.2 Å². The molecule has 6 heteroatoms. The van der Waals surface area contributed by atoms with Crippen LogP contribution >= 0.6 is 0 Å². The first-order valence-electron chi connectivity index (χ1n) is 7.64. The highest BCUT2D eigenvalue weighted by Gasteiger charge is 2.09. The topological polar surface area (TPSA) is 83.4 Å². The van der Waals surface area contributed by atoms with Gasteiger partial charge in [0, 0.05) is 18.8 Å². The van der Waals surface area contributed by atoms with Gasteiger partial charge in [0.2, 0.25) is 0 Å². The third-order valence-electron chi connectivity index (χ3n) is 3.20. The van der Waals surface area contributed by atoms with Gasteiger partial charge >= 0.3 is 6.03 Å². The first-order chi connectivity index (χ1) is 11.2. The van der Waals surface area contributed by atoms with Gasteiger partial charge in [-0.25, -0.2) is 4.79 Å². The zero-order valence-corrected chi connectivity index (χ0v) is 13.1. The number of hydrogen-bond donors (Lipinski definition) is 3. The number of carbonyl (C=O) groups excluding carboxylic acids is 2. The van der Waals surface area contributed by atoms with Crippen molar-refractivity contribution in [1.82, 2.24) is 10.6 Å². The van der Waals surface area contributed by atoms with Crippen LogP contribution in [0.4, 0.5) is 10.5 Å². The standard InChI is InChI=1S/C17H21N3O3/c1-2-3-9-18-17(22)19-12-13-6-4-7-14(11-13)20-16(21)15-8-5-10-23-15/h4-8,10-11H,2-3,9,12H2,1H3,(H,20,21)(H2,18,19,22). The van der Waals surface area contributed by atoms with E-state index in [0.717, 1.165) is 18.4 Å². The van der Waals surface area contributed by atoms with E-state index >= 15 is 0 Å². The van der Waals surface area contributed by atoms with E-state index in [1.807, 2.05) is 18.2 Å². The molecule has 122 valence electrons. The molecular weight excluding hydrogens is 294 g/mol. The van der Waals surface area contributed by atoms with Crippen molar-refractivity contribution in [2.24, 2.45) is 0 Å². The Bertz CT molecular complexity index is 638. The summed E-state index contributed by atoms with van der Waals surface area (Å²) in [4.78, 5) is 23.5. The van der Waals surface area contributed by atoms with Crippen LogP contribution in [0.5, 0.6) is 0 Å². The fourth-order valence-corrected chi connectivity index (χ4v) is 1.98. The van der Waals surface area contributed by atoms with E-state index in [9.17, 15) is 9.59 Å². The van der Waals surface area contributed by atoms with Crippen LogP contribution in [0, 0.1) is 0 Å². The molecule has 0 saturated carbocycles. The van der Waals surface area contributed by atoms with Crippen LogP contribution < -0.4 is 16.0 Å². The fraction of sp³-hybridized carbons (Fsp3) is 0.294. The monoisotopic (exact) mass is 315 g/mol. The second-order valence-corrected chi connectivity index (χ2v) is 5.09. The van der Waals surface area contributed by atoms with Crippen molar-refractivity contribution in [3.63, 3.8) is 0 Å². The minimum atomic E-state index is -0.308. The fourth-order valence-electron chi connectivity index (χ4n) is 1.98. The predicted molar refractivity (Wildman–Crippen MR) is 88.2 cm³/mol. The molecule has 6 nitrogen and oxygen atoms in total. The summed E-state index contributed by atoms with van der Waals surface area (Å²) in [5, 5.41) is 8.32. The van der Waals surface area contributed by atoms with Gasteiger partial charge in [-0.2, -0.15) is 0 Å². The molecule has 1 aromatic heterocycles. The van der Waals surface area contributed by atoms with Gasteiger partial charge in [0.15, 0.2) is 5.76 Å². The summed E-state index contributed by atoms with van der Waals surface area (Å²) < 4.78 is 5.05. The highest BCUT2D eigenvalue weighted by atomic mass is 16.3. The molecule has 2 rings (SSSR count). The number of furan rings is 1.